The molecule has 1 rings (SSSR count). The fraction of sp³-hybridized carbons (Fsp3) is 0.500. The molecule has 0 heterocycles. The highest BCUT2D eigenvalue weighted by Gasteiger charge is 2.39. The van der Waals surface area contributed by atoms with Gasteiger partial charge in [0.25, 0.3) is 5.78 Å². The summed E-state index contributed by atoms with van der Waals surface area (Å²) < 4.78 is 37.4. The van der Waals surface area contributed by atoms with Gasteiger partial charge in [-0.25, -0.2) is 0 Å². The maximum atomic E-state index is 12.3. The molecule has 0 unspecified atom stereocenters. The van der Waals surface area contributed by atoms with Crippen molar-refractivity contribution in [1.82, 2.24) is 0 Å². The van der Waals surface area contributed by atoms with Crippen LogP contribution in [0, 0.1) is 0 Å². The van der Waals surface area contributed by atoms with Gasteiger partial charge in [0.15, 0.2) is 0 Å². The van der Waals surface area contributed by atoms with Crippen LogP contribution in [0.4, 0.5) is 13.2 Å². The number of rotatable bonds is 6. The molecule has 1 aromatic rings. The van der Waals surface area contributed by atoms with E-state index in [0.29, 0.717) is 4.47 Å². The van der Waals surface area contributed by atoms with Crippen molar-refractivity contribution in [3.05, 3.63) is 33.8 Å². The Hall–Kier alpha value is -0.840. The molecule has 0 amide bonds. The zero-order chi connectivity index (χ0) is 14.5. The molecule has 0 aliphatic rings. The molecule has 0 fully saturated rings. The van der Waals surface area contributed by atoms with Crippen molar-refractivity contribution in [2.45, 2.75) is 45.2 Å². The van der Waals surface area contributed by atoms with Crippen LogP contribution in [0.5, 0.6) is 0 Å². The summed E-state index contributed by atoms with van der Waals surface area (Å²) in [5, 5.41) is 0. The molecule has 1 nitrogen and oxygen atoms in total. The number of alkyl halides is 3. The minimum absolute atomic E-state index is 0.323. The fourth-order valence-corrected chi connectivity index (χ4v) is 2.37. The number of carbonyl (C=O) groups excluding carboxylic acids is 1. The molecule has 1 aromatic carbocycles. The maximum Gasteiger partial charge on any atom is 0.454 e. The maximum absolute atomic E-state index is 12.3. The number of hydrogen-bond donors (Lipinski definition) is 0. The van der Waals surface area contributed by atoms with Crippen LogP contribution in [0.25, 0.3) is 0 Å². The second-order valence-corrected chi connectivity index (χ2v) is 5.30. The molecule has 0 radical (unpaired) electrons. The average Bonchev–Trinajstić information content (AvgIpc) is 2.34. The van der Waals surface area contributed by atoms with Crippen molar-refractivity contribution in [2.75, 3.05) is 0 Å². The summed E-state index contributed by atoms with van der Waals surface area (Å²) in [7, 11) is 0. The quantitative estimate of drug-likeness (QED) is 0.507. The Balaban J connectivity index is 2.72. The Kier molecular flexibility index (Phi) is 6.04. The molecule has 0 atom stereocenters. The summed E-state index contributed by atoms with van der Waals surface area (Å²) in [5.41, 5.74) is 0.617. The number of Topliss-reactive ketones (excluding diaryl/α,β-unsaturated/α-hetero) is 1. The van der Waals surface area contributed by atoms with Gasteiger partial charge in [-0.2, -0.15) is 13.2 Å². The SMILES string of the molecule is CCCCCCc1ccc(C(=O)C(F)(F)F)cc1Br. The predicted molar refractivity (Wildman–Crippen MR) is 72.4 cm³/mol. The first-order valence-electron chi connectivity index (χ1n) is 6.26. The van der Waals surface area contributed by atoms with E-state index in [1.807, 2.05) is 0 Å². The zero-order valence-electron chi connectivity index (χ0n) is 10.7. The molecule has 0 aliphatic heterocycles. The van der Waals surface area contributed by atoms with E-state index in [-0.39, 0.29) is 5.56 Å². The van der Waals surface area contributed by atoms with E-state index in [1.54, 1.807) is 6.07 Å². The summed E-state index contributed by atoms with van der Waals surface area (Å²) >= 11 is 3.23. The van der Waals surface area contributed by atoms with Gasteiger partial charge in [0.05, 0.1) is 0 Å². The molecular formula is C14H16BrF3O. The number of benzene rings is 1. The predicted octanol–water partition coefficient (Wildman–Crippen LogP) is 5.32. The third-order valence-electron chi connectivity index (χ3n) is 2.87. The van der Waals surface area contributed by atoms with Gasteiger partial charge < -0.3 is 0 Å². The van der Waals surface area contributed by atoms with Gasteiger partial charge in [0.1, 0.15) is 0 Å². The van der Waals surface area contributed by atoms with Gasteiger partial charge in [-0.1, -0.05) is 54.2 Å². The van der Waals surface area contributed by atoms with Crippen molar-refractivity contribution in [3.8, 4) is 0 Å². The number of unbranched alkanes of at least 4 members (excludes halogenated alkanes) is 3. The number of carbonyl (C=O) groups is 1. The fourth-order valence-electron chi connectivity index (χ4n) is 1.80. The van der Waals surface area contributed by atoms with Gasteiger partial charge in [0.2, 0.25) is 0 Å². The molecule has 106 valence electrons. The average molecular weight is 337 g/mol. The molecular weight excluding hydrogens is 321 g/mol. The van der Waals surface area contributed by atoms with E-state index >= 15 is 0 Å². The monoisotopic (exact) mass is 336 g/mol. The van der Waals surface area contributed by atoms with Crippen molar-refractivity contribution in [3.63, 3.8) is 0 Å². The third-order valence-corrected chi connectivity index (χ3v) is 3.61. The number of halogens is 4. The Morgan fingerprint density at radius 3 is 2.42 bits per heavy atom. The highest BCUT2D eigenvalue weighted by atomic mass is 79.9. The first kappa shape index (κ1) is 16.2. The third kappa shape index (κ3) is 4.97. The Morgan fingerprint density at radius 1 is 1.21 bits per heavy atom. The highest BCUT2D eigenvalue weighted by Crippen LogP contribution is 2.26. The summed E-state index contributed by atoms with van der Waals surface area (Å²) in [6.07, 6.45) is 0.386. The molecule has 0 aliphatic carbocycles. The van der Waals surface area contributed by atoms with Gasteiger partial charge in [-0.05, 0) is 24.5 Å². The lowest BCUT2D eigenvalue weighted by Gasteiger charge is -2.08. The lowest BCUT2D eigenvalue weighted by atomic mass is 10.0. The summed E-state index contributed by atoms with van der Waals surface area (Å²) in [4.78, 5) is 11.1. The summed E-state index contributed by atoms with van der Waals surface area (Å²) in [6, 6.07) is 4.09. The normalized spacial score (nSPS) is 11.6. The van der Waals surface area contributed by atoms with Crippen molar-refractivity contribution < 1.29 is 18.0 Å². The van der Waals surface area contributed by atoms with Crippen LogP contribution in [0.15, 0.2) is 22.7 Å². The molecule has 0 saturated carbocycles. The lowest BCUT2D eigenvalue weighted by Crippen LogP contribution is -2.22. The van der Waals surface area contributed by atoms with E-state index < -0.39 is 12.0 Å². The smallest absolute Gasteiger partial charge is 0.284 e. The molecule has 0 saturated heterocycles. The molecule has 0 spiro atoms. The molecule has 0 bridgehead atoms. The van der Waals surface area contributed by atoms with Crippen molar-refractivity contribution in [1.29, 1.82) is 0 Å². The van der Waals surface area contributed by atoms with E-state index in [4.69, 9.17) is 0 Å². The first-order chi connectivity index (χ1) is 8.86. The Labute approximate surface area is 119 Å². The number of ketones is 1. The van der Waals surface area contributed by atoms with Crippen LogP contribution in [0.3, 0.4) is 0 Å². The van der Waals surface area contributed by atoms with E-state index in [1.165, 1.54) is 12.1 Å². The zero-order valence-corrected chi connectivity index (χ0v) is 12.3. The van der Waals surface area contributed by atoms with E-state index in [9.17, 15) is 18.0 Å². The Morgan fingerprint density at radius 2 is 1.89 bits per heavy atom. The summed E-state index contributed by atoms with van der Waals surface area (Å²) in [6.45, 7) is 2.12. The number of aryl methyl sites for hydroxylation is 1. The van der Waals surface area contributed by atoms with Gasteiger partial charge in [0, 0.05) is 10.0 Å². The van der Waals surface area contributed by atoms with Crippen LogP contribution in [-0.4, -0.2) is 12.0 Å². The number of hydrogen-bond acceptors (Lipinski definition) is 1. The second kappa shape index (κ2) is 7.08. The largest absolute Gasteiger partial charge is 0.454 e. The minimum Gasteiger partial charge on any atom is -0.284 e. The Bertz CT molecular complexity index is 441. The van der Waals surface area contributed by atoms with Crippen LogP contribution in [0.1, 0.15) is 48.5 Å². The van der Waals surface area contributed by atoms with Crippen LogP contribution in [-0.2, 0) is 6.42 Å². The second-order valence-electron chi connectivity index (χ2n) is 4.44. The first-order valence-corrected chi connectivity index (χ1v) is 7.05. The highest BCUT2D eigenvalue weighted by molar-refractivity contribution is 9.10. The van der Waals surface area contributed by atoms with E-state index in [0.717, 1.165) is 37.7 Å². The van der Waals surface area contributed by atoms with Crippen molar-refractivity contribution in [2.24, 2.45) is 0 Å². The molecule has 0 aromatic heterocycles. The van der Waals surface area contributed by atoms with Crippen LogP contribution in [0.2, 0.25) is 0 Å². The topological polar surface area (TPSA) is 17.1 Å². The van der Waals surface area contributed by atoms with Gasteiger partial charge in [-0.15, -0.1) is 0 Å². The summed E-state index contributed by atoms with van der Waals surface area (Å²) in [5.74, 6) is -1.80. The van der Waals surface area contributed by atoms with E-state index in [2.05, 4.69) is 22.9 Å². The van der Waals surface area contributed by atoms with Gasteiger partial charge in [-0.3, -0.25) is 4.79 Å². The molecule has 5 heteroatoms. The van der Waals surface area contributed by atoms with Crippen molar-refractivity contribution >= 4 is 21.7 Å². The molecule has 0 N–H and O–H groups in total. The van der Waals surface area contributed by atoms with Crippen LogP contribution < -0.4 is 0 Å². The minimum atomic E-state index is -4.82. The van der Waals surface area contributed by atoms with Gasteiger partial charge >= 0.3 is 6.18 Å². The molecule has 19 heavy (non-hydrogen) atoms. The lowest BCUT2D eigenvalue weighted by molar-refractivity contribution is -0.0885. The van der Waals surface area contributed by atoms with Crippen LogP contribution >= 0.6 is 15.9 Å². The standard InChI is InChI=1S/C14H16BrF3O/c1-2-3-4-5-6-10-7-8-11(9-12(10)15)13(19)14(16,17)18/h7-9H,2-6H2,1H3.